The van der Waals surface area contributed by atoms with Gasteiger partial charge in [0.2, 0.25) is 6.08 Å². The van der Waals surface area contributed by atoms with Crippen LogP contribution in [-0.4, -0.2) is 24.3 Å². The third-order valence-corrected chi connectivity index (χ3v) is 3.51. The van der Waals surface area contributed by atoms with Gasteiger partial charge in [-0.05, 0) is 30.0 Å². The van der Waals surface area contributed by atoms with Crippen LogP contribution >= 0.6 is 11.8 Å². The molecule has 15 heavy (non-hydrogen) atoms. The van der Waals surface area contributed by atoms with Crippen LogP contribution in [0.25, 0.3) is 0 Å². The number of thioether (sulfide) groups is 1. The van der Waals surface area contributed by atoms with E-state index >= 15 is 0 Å². The highest BCUT2D eigenvalue weighted by Crippen LogP contribution is 2.43. The Balaban J connectivity index is 2.10. The Kier molecular flexibility index (Phi) is 1.87. The lowest BCUT2D eigenvalue weighted by Crippen LogP contribution is -2.20. The average molecular weight is 217 g/mol. The van der Waals surface area contributed by atoms with Crippen molar-refractivity contribution in [3.05, 3.63) is 18.2 Å². The molecule has 0 fully saturated rings. The van der Waals surface area contributed by atoms with Crippen molar-refractivity contribution in [2.24, 2.45) is 9.98 Å². The Morgan fingerprint density at radius 3 is 3.33 bits per heavy atom. The Bertz CT molecular complexity index is 505. The summed E-state index contributed by atoms with van der Waals surface area (Å²) >= 11 is 1.67. The fourth-order valence-corrected chi connectivity index (χ4v) is 2.82. The summed E-state index contributed by atoms with van der Waals surface area (Å²) in [7, 11) is 0. The van der Waals surface area contributed by atoms with E-state index in [9.17, 15) is 4.79 Å². The van der Waals surface area contributed by atoms with E-state index in [0.717, 1.165) is 23.9 Å². The minimum atomic E-state index is 0.650. The highest BCUT2D eigenvalue weighted by Gasteiger charge is 2.29. The van der Waals surface area contributed by atoms with E-state index in [1.54, 1.807) is 17.8 Å². The van der Waals surface area contributed by atoms with Crippen molar-refractivity contribution >= 4 is 34.4 Å². The first-order chi connectivity index (χ1) is 7.38. The molecule has 0 bridgehead atoms. The fraction of sp³-hybridized carbons (Fsp3) is 0.200. The molecule has 0 aromatic heterocycles. The molecule has 2 heterocycles. The summed E-state index contributed by atoms with van der Waals surface area (Å²) in [6.07, 6.45) is 1.55. The highest BCUT2D eigenvalue weighted by molar-refractivity contribution is 8.14. The number of carbonyl (C=O) groups excluding carboxylic acids is 1. The van der Waals surface area contributed by atoms with E-state index in [1.165, 1.54) is 4.90 Å². The van der Waals surface area contributed by atoms with Crippen LogP contribution in [0.1, 0.15) is 0 Å². The van der Waals surface area contributed by atoms with Gasteiger partial charge < -0.3 is 4.90 Å². The van der Waals surface area contributed by atoms with Gasteiger partial charge in [0, 0.05) is 11.4 Å². The first kappa shape index (κ1) is 8.71. The summed E-state index contributed by atoms with van der Waals surface area (Å²) in [5, 5.41) is 1.05. The number of anilines is 1. The number of isocyanates is 1. The van der Waals surface area contributed by atoms with Crippen LogP contribution in [0.5, 0.6) is 0 Å². The van der Waals surface area contributed by atoms with Gasteiger partial charge in [-0.25, -0.2) is 4.79 Å². The van der Waals surface area contributed by atoms with Crippen molar-refractivity contribution in [1.29, 1.82) is 0 Å². The minimum absolute atomic E-state index is 0.650. The first-order valence-electron chi connectivity index (χ1n) is 4.60. The Labute approximate surface area is 90.7 Å². The van der Waals surface area contributed by atoms with Gasteiger partial charge in [0.1, 0.15) is 0 Å². The van der Waals surface area contributed by atoms with E-state index in [1.807, 2.05) is 18.2 Å². The molecule has 2 aliphatic rings. The first-order valence-corrected chi connectivity index (χ1v) is 5.42. The molecule has 0 saturated carbocycles. The molecule has 0 atom stereocenters. The maximum absolute atomic E-state index is 10.2. The van der Waals surface area contributed by atoms with E-state index in [0.29, 0.717) is 5.69 Å². The second-order valence-corrected chi connectivity index (χ2v) is 4.28. The molecule has 5 heteroatoms. The van der Waals surface area contributed by atoms with Crippen molar-refractivity contribution in [3.8, 4) is 0 Å². The number of hydrogen-bond donors (Lipinski definition) is 0. The average Bonchev–Trinajstić information content (AvgIpc) is 2.78. The Hall–Kier alpha value is -1.58. The molecule has 4 nitrogen and oxygen atoms in total. The molecule has 0 N–H and O–H groups in total. The van der Waals surface area contributed by atoms with Gasteiger partial charge in [0.05, 0.1) is 17.9 Å². The second-order valence-electron chi connectivity index (χ2n) is 3.27. The lowest BCUT2D eigenvalue weighted by molar-refractivity contribution is 0.565. The van der Waals surface area contributed by atoms with E-state index in [4.69, 9.17) is 0 Å². The van der Waals surface area contributed by atoms with Gasteiger partial charge >= 0.3 is 0 Å². The van der Waals surface area contributed by atoms with Crippen LogP contribution in [0, 0.1) is 0 Å². The van der Waals surface area contributed by atoms with Crippen molar-refractivity contribution in [2.75, 3.05) is 18.0 Å². The molecule has 0 amide bonds. The van der Waals surface area contributed by atoms with Gasteiger partial charge in [-0.15, -0.1) is 0 Å². The highest BCUT2D eigenvalue weighted by atomic mass is 32.2. The van der Waals surface area contributed by atoms with Crippen LogP contribution < -0.4 is 4.90 Å². The lowest BCUT2D eigenvalue weighted by atomic mass is 10.2. The summed E-state index contributed by atoms with van der Waals surface area (Å²) < 4.78 is 0. The minimum Gasteiger partial charge on any atom is -0.318 e. The summed E-state index contributed by atoms with van der Waals surface area (Å²) in [6, 6.07) is 5.69. The third kappa shape index (κ3) is 1.28. The van der Waals surface area contributed by atoms with Gasteiger partial charge in [-0.3, -0.25) is 4.99 Å². The summed E-state index contributed by atoms with van der Waals surface area (Å²) in [5.41, 5.74) is 1.75. The van der Waals surface area contributed by atoms with Gasteiger partial charge in [0.25, 0.3) is 0 Å². The Morgan fingerprint density at radius 2 is 2.47 bits per heavy atom. The van der Waals surface area contributed by atoms with Crippen LogP contribution in [-0.2, 0) is 4.79 Å². The summed E-state index contributed by atoms with van der Waals surface area (Å²) in [6.45, 7) is 1.77. The number of amidine groups is 1. The summed E-state index contributed by atoms with van der Waals surface area (Å²) in [4.78, 5) is 21.5. The largest absolute Gasteiger partial charge is 0.318 e. The number of aliphatic imine (C=N–C) groups is 2. The number of hydrogen-bond acceptors (Lipinski definition) is 5. The molecular weight excluding hydrogens is 210 g/mol. The topological polar surface area (TPSA) is 45.0 Å². The molecule has 0 spiro atoms. The molecule has 74 valence electrons. The van der Waals surface area contributed by atoms with E-state index in [2.05, 4.69) is 14.9 Å². The predicted octanol–water partition coefficient (Wildman–Crippen LogP) is 1.94. The molecule has 0 aliphatic carbocycles. The molecule has 1 aromatic carbocycles. The van der Waals surface area contributed by atoms with Gasteiger partial charge in [-0.1, -0.05) is 0 Å². The van der Waals surface area contributed by atoms with Crippen molar-refractivity contribution in [1.82, 2.24) is 0 Å². The molecule has 0 radical (unpaired) electrons. The number of fused-ring (bicyclic) bond motifs is 3. The molecule has 0 saturated heterocycles. The zero-order valence-electron chi connectivity index (χ0n) is 7.80. The van der Waals surface area contributed by atoms with Crippen LogP contribution in [0.3, 0.4) is 0 Å². The molecular formula is C10H7N3OS. The monoisotopic (exact) mass is 217 g/mol. The van der Waals surface area contributed by atoms with Gasteiger partial charge in [0.15, 0.2) is 5.17 Å². The fourth-order valence-electron chi connectivity index (χ4n) is 1.76. The Morgan fingerprint density at radius 1 is 1.53 bits per heavy atom. The normalized spacial score (nSPS) is 16.8. The van der Waals surface area contributed by atoms with E-state index < -0.39 is 0 Å². The van der Waals surface area contributed by atoms with Crippen LogP contribution in [0.15, 0.2) is 33.1 Å². The van der Waals surface area contributed by atoms with Crippen LogP contribution in [0.2, 0.25) is 0 Å². The quantitative estimate of drug-likeness (QED) is 0.533. The number of rotatable bonds is 1. The number of nitrogens with zero attached hydrogens (tertiary/aromatic N) is 3. The standard InChI is InChI=1S/C10H7N3OS/c14-6-12-7-1-2-9-8(5-7)13-4-3-11-10(13)15-9/h1-2,5H,3-4H2. The van der Waals surface area contributed by atoms with Crippen molar-refractivity contribution < 1.29 is 4.79 Å². The maximum Gasteiger partial charge on any atom is 0.240 e. The van der Waals surface area contributed by atoms with Gasteiger partial charge in [-0.2, -0.15) is 4.99 Å². The molecule has 0 unspecified atom stereocenters. The van der Waals surface area contributed by atoms with E-state index in [-0.39, 0.29) is 0 Å². The smallest absolute Gasteiger partial charge is 0.240 e. The number of benzene rings is 1. The maximum atomic E-state index is 10.2. The predicted molar refractivity (Wildman–Crippen MR) is 59.7 cm³/mol. The molecule has 3 rings (SSSR count). The second kappa shape index (κ2) is 3.22. The zero-order chi connectivity index (χ0) is 10.3. The van der Waals surface area contributed by atoms with Crippen molar-refractivity contribution in [2.45, 2.75) is 4.90 Å². The molecule has 1 aromatic rings. The van der Waals surface area contributed by atoms with Crippen molar-refractivity contribution in [3.63, 3.8) is 0 Å². The summed E-state index contributed by atoms with van der Waals surface area (Å²) in [5.74, 6) is 0. The molecule has 2 aliphatic heterocycles. The SMILES string of the molecule is O=C=Nc1ccc2c(c1)N1CCN=C1S2. The third-order valence-electron chi connectivity index (χ3n) is 2.41. The lowest BCUT2D eigenvalue weighted by Gasteiger charge is -2.11. The van der Waals surface area contributed by atoms with Crippen LogP contribution in [0.4, 0.5) is 11.4 Å². The zero-order valence-corrected chi connectivity index (χ0v) is 8.62.